The van der Waals surface area contributed by atoms with Crippen LogP contribution in [0.2, 0.25) is 15.1 Å². The highest BCUT2D eigenvalue weighted by atomic mass is 35.5. The fourth-order valence-electron chi connectivity index (χ4n) is 0.885. The highest BCUT2D eigenvalue weighted by Gasteiger charge is 2.19. The van der Waals surface area contributed by atoms with Gasteiger partial charge < -0.3 is 5.73 Å². The van der Waals surface area contributed by atoms with Crippen LogP contribution in [-0.4, -0.2) is 0 Å². The predicted octanol–water partition coefficient (Wildman–Crippen LogP) is 2.97. The molecule has 14 heavy (non-hydrogen) atoms. The molecule has 0 bridgehead atoms. The molecule has 70 valence electrons. The molecule has 0 aliphatic heterocycles. The van der Waals surface area contributed by atoms with Crippen molar-refractivity contribution < 1.29 is 0 Å². The zero-order valence-corrected chi connectivity index (χ0v) is 8.87. The lowest BCUT2D eigenvalue weighted by atomic mass is 10.1. The molecule has 0 saturated carbocycles. The van der Waals surface area contributed by atoms with Crippen molar-refractivity contribution in [2.24, 2.45) is 0 Å². The fourth-order valence-corrected chi connectivity index (χ4v) is 1.64. The zero-order chi connectivity index (χ0) is 10.9. The first-order chi connectivity index (χ1) is 6.54. The van der Waals surface area contributed by atoms with E-state index in [-0.39, 0.29) is 31.9 Å². The summed E-state index contributed by atoms with van der Waals surface area (Å²) in [5, 5.41) is 17.3. The molecule has 0 heterocycles. The Morgan fingerprint density at radius 1 is 0.857 bits per heavy atom. The van der Waals surface area contributed by atoms with Crippen LogP contribution in [0.3, 0.4) is 0 Å². The minimum Gasteiger partial charge on any atom is -0.396 e. The molecule has 6 heteroatoms. The van der Waals surface area contributed by atoms with Crippen molar-refractivity contribution in [3.63, 3.8) is 0 Å². The van der Waals surface area contributed by atoms with Gasteiger partial charge in [0.15, 0.2) is 0 Å². The molecule has 0 aliphatic carbocycles. The second kappa shape index (κ2) is 3.94. The Labute approximate surface area is 95.2 Å². The van der Waals surface area contributed by atoms with Crippen molar-refractivity contribution in [1.29, 1.82) is 10.5 Å². The molecule has 0 aromatic heterocycles. The van der Waals surface area contributed by atoms with Crippen LogP contribution in [0.1, 0.15) is 11.1 Å². The summed E-state index contributed by atoms with van der Waals surface area (Å²) >= 11 is 17.1. The summed E-state index contributed by atoms with van der Waals surface area (Å²) in [5.41, 5.74) is 5.41. The van der Waals surface area contributed by atoms with Crippen LogP contribution >= 0.6 is 34.8 Å². The summed E-state index contributed by atoms with van der Waals surface area (Å²) in [4.78, 5) is 0. The van der Waals surface area contributed by atoms with Gasteiger partial charge in [0.1, 0.15) is 12.1 Å². The van der Waals surface area contributed by atoms with Gasteiger partial charge >= 0.3 is 0 Å². The minimum absolute atomic E-state index is 0.0110. The van der Waals surface area contributed by atoms with Crippen molar-refractivity contribution >= 4 is 40.5 Å². The number of nitrogens with two attached hydrogens (primary N) is 1. The lowest BCUT2D eigenvalue weighted by Crippen LogP contribution is -1.96. The van der Waals surface area contributed by atoms with Crippen molar-refractivity contribution in [1.82, 2.24) is 0 Å². The molecule has 0 saturated heterocycles. The van der Waals surface area contributed by atoms with Gasteiger partial charge in [-0.3, -0.25) is 0 Å². The Balaban J connectivity index is 3.78. The van der Waals surface area contributed by atoms with E-state index in [9.17, 15) is 0 Å². The number of nitrogen functional groups attached to an aromatic ring is 1. The van der Waals surface area contributed by atoms with Gasteiger partial charge in [-0.1, -0.05) is 34.8 Å². The maximum atomic E-state index is 8.71. The van der Waals surface area contributed by atoms with Crippen molar-refractivity contribution in [3.05, 3.63) is 26.2 Å². The molecule has 1 aromatic rings. The molecule has 0 spiro atoms. The molecule has 0 aliphatic rings. The van der Waals surface area contributed by atoms with E-state index in [1.165, 1.54) is 0 Å². The van der Waals surface area contributed by atoms with E-state index in [0.717, 1.165) is 0 Å². The number of nitriles is 2. The number of hydrogen-bond donors (Lipinski definition) is 1. The Hall–Kier alpha value is -1.13. The summed E-state index contributed by atoms with van der Waals surface area (Å²) in [7, 11) is 0. The number of halogens is 3. The standard InChI is InChI=1S/C8H2Cl3N3/c9-5-3(1-12)6(10)7(11)8(14)4(5)2-13/h14H2. The molecule has 0 radical (unpaired) electrons. The van der Waals surface area contributed by atoms with E-state index in [4.69, 9.17) is 51.1 Å². The summed E-state index contributed by atoms with van der Waals surface area (Å²) in [6, 6.07) is 3.51. The van der Waals surface area contributed by atoms with Crippen molar-refractivity contribution in [2.75, 3.05) is 5.73 Å². The molecule has 3 nitrogen and oxygen atoms in total. The van der Waals surface area contributed by atoms with E-state index >= 15 is 0 Å². The summed E-state index contributed by atoms with van der Waals surface area (Å²) < 4.78 is 0. The normalized spacial score (nSPS) is 9.21. The molecular weight excluding hydrogens is 244 g/mol. The number of anilines is 1. The second-order valence-electron chi connectivity index (χ2n) is 2.33. The average Bonchev–Trinajstić information content (AvgIpc) is 2.16. The van der Waals surface area contributed by atoms with E-state index in [2.05, 4.69) is 0 Å². The van der Waals surface area contributed by atoms with Gasteiger partial charge in [-0.05, 0) is 0 Å². The number of benzene rings is 1. The van der Waals surface area contributed by atoms with Gasteiger partial charge in [0.2, 0.25) is 0 Å². The Morgan fingerprint density at radius 3 is 1.79 bits per heavy atom. The number of nitrogens with zero attached hydrogens (tertiary/aromatic N) is 2. The molecule has 1 aromatic carbocycles. The molecule has 0 amide bonds. The van der Waals surface area contributed by atoms with Crippen LogP contribution in [0.4, 0.5) is 5.69 Å². The van der Waals surface area contributed by atoms with Gasteiger partial charge in [0.25, 0.3) is 0 Å². The van der Waals surface area contributed by atoms with Crippen LogP contribution < -0.4 is 5.73 Å². The highest BCUT2D eigenvalue weighted by molar-refractivity contribution is 6.46. The molecule has 0 fully saturated rings. The quantitative estimate of drug-likeness (QED) is 0.565. The van der Waals surface area contributed by atoms with Gasteiger partial charge in [-0.25, -0.2) is 0 Å². The molecule has 0 atom stereocenters. The summed E-state index contributed by atoms with van der Waals surface area (Å²) in [6.07, 6.45) is 0. The lowest BCUT2D eigenvalue weighted by Gasteiger charge is -2.07. The smallest absolute Gasteiger partial charge is 0.103 e. The third-order valence-corrected chi connectivity index (χ3v) is 2.83. The second-order valence-corrected chi connectivity index (χ2v) is 3.46. The monoisotopic (exact) mass is 245 g/mol. The average molecular weight is 246 g/mol. The fraction of sp³-hybridized carbons (Fsp3) is 0. The SMILES string of the molecule is N#Cc1c(N)c(Cl)c(Cl)c(C#N)c1Cl. The molecule has 2 N–H and O–H groups in total. The Bertz CT molecular complexity index is 441. The van der Waals surface area contributed by atoms with Crippen LogP contribution in [0.25, 0.3) is 0 Å². The van der Waals surface area contributed by atoms with E-state index in [1.807, 2.05) is 0 Å². The molecular formula is C8H2Cl3N3. The maximum absolute atomic E-state index is 8.71. The molecule has 1 rings (SSSR count). The topological polar surface area (TPSA) is 73.6 Å². The van der Waals surface area contributed by atoms with Crippen LogP contribution in [0, 0.1) is 22.7 Å². The van der Waals surface area contributed by atoms with E-state index < -0.39 is 0 Å². The van der Waals surface area contributed by atoms with Gasteiger partial charge in [-0.2, -0.15) is 10.5 Å². The van der Waals surface area contributed by atoms with Crippen LogP contribution in [-0.2, 0) is 0 Å². The Kier molecular flexibility index (Phi) is 3.08. The van der Waals surface area contributed by atoms with Gasteiger partial charge in [0.05, 0.1) is 31.9 Å². The van der Waals surface area contributed by atoms with Gasteiger partial charge in [0, 0.05) is 0 Å². The lowest BCUT2D eigenvalue weighted by molar-refractivity contribution is 1.45. The van der Waals surface area contributed by atoms with E-state index in [1.54, 1.807) is 12.1 Å². The first-order valence-corrected chi connectivity index (χ1v) is 4.44. The maximum Gasteiger partial charge on any atom is 0.103 e. The Morgan fingerprint density at radius 2 is 1.36 bits per heavy atom. The first kappa shape index (κ1) is 10.9. The first-order valence-electron chi connectivity index (χ1n) is 3.30. The van der Waals surface area contributed by atoms with E-state index in [0.29, 0.717) is 0 Å². The van der Waals surface area contributed by atoms with Crippen molar-refractivity contribution in [2.45, 2.75) is 0 Å². The van der Waals surface area contributed by atoms with Gasteiger partial charge in [-0.15, -0.1) is 0 Å². The summed E-state index contributed by atoms with van der Waals surface area (Å²) in [6.45, 7) is 0. The van der Waals surface area contributed by atoms with Crippen LogP contribution in [0.5, 0.6) is 0 Å². The summed E-state index contributed by atoms with van der Waals surface area (Å²) in [5.74, 6) is 0. The predicted molar refractivity (Wildman–Crippen MR) is 55.3 cm³/mol. The molecule has 0 unspecified atom stereocenters. The minimum atomic E-state index is -0.0677. The number of hydrogen-bond acceptors (Lipinski definition) is 3. The highest BCUT2D eigenvalue weighted by Crippen LogP contribution is 2.39. The largest absolute Gasteiger partial charge is 0.396 e. The van der Waals surface area contributed by atoms with Crippen LogP contribution in [0.15, 0.2) is 0 Å². The van der Waals surface area contributed by atoms with Crippen molar-refractivity contribution in [3.8, 4) is 12.1 Å². The third-order valence-electron chi connectivity index (χ3n) is 1.58. The third kappa shape index (κ3) is 1.47. The zero-order valence-electron chi connectivity index (χ0n) is 6.61. The number of rotatable bonds is 0.